The molecule has 112 valence electrons. The second kappa shape index (κ2) is 5.16. The van der Waals surface area contributed by atoms with E-state index in [0.717, 1.165) is 0 Å². The van der Waals surface area contributed by atoms with Crippen molar-refractivity contribution in [3.05, 3.63) is 11.7 Å². The first kappa shape index (κ1) is 15.0. The Morgan fingerprint density at radius 3 is 2.60 bits per heavy atom. The van der Waals surface area contributed by atoms with E-state index in [1.165, 1.54) is 0 Å². The van der Waals surface area contributed by atoms with E-state index in [1.807, 2.05) is 34.6 Å². The van der Waals surface area contributed by atoms with Crippen LogP contribution < -0.4 is 0 Å². The van der Waals surface area contributed by atoms with E-state index in [-0.39, 0.29) is 23.4 Å². The number of carboxylic acid groups (broad SMARTS) is 1. The van der Waals surface area contributed by atoms with Crippen LogP contribution in [0.2, 0.25) is 0 Å². The molecular formula is C14H22N2O4. The van der Waals surface area contributed by atoms with Crippen molar-refractivity contribution in [2.24, 2.45) is 17.3 Å². The van der Waals surface area contributed by atoms with E-state index < -0.39 is 11.9 Å². The van der Waals surface area contributed by atoms with Crippen LogP contribution in [0.5, 0.6) is 0 Å². The molecule has 1 aliphatic carbocycles. The molecule has 6 nitrogen and oxygen atoms in total. The van der Waals surface area contributed by atoms with Gasteiger partial charge in [0.1, 0.15) is 6.10 Å². The van der Waals surface area contributed by atoms with Crippen LogP contribution in [0.25, 0.3) is 0 Å². The predicted octanol–water partition coefficient (Wildman–Crippen LogP) is 2.63. The van der Waals surface area contributed by atoms with Gasteiger partial charge in [0.15, 0.2) is 0 Å². The fourth-order valence-corrected chi connectivity index (χ4v) is 2.79. The van der Waals surface area contributed by atoms with Gasteiger partial charge in [0.05, 0.1) is 11.8 Å². The van der Waals surface area contributed by atoms with Crippen LogP contribution in [0.15, 0.2) is 4.52 Å². The molecule has 1 aliphatic rings. The largest absolute Gasteiger partial charge is 0.481 e. The summed E-state index contributed by atoms with van der Waals surface area (Å²) < 4.78 is 10.9. The van der Waals surface area contributed by atoms with Gasteiger partial charge < -0.3 is 14.4 Å². The van der Waals surface area contributed by atoms with E-state index in [0.29, 0.717) is 18.3 Å². The number of aliphatic carboxylic acids is 1. The number of hydrogen-bond acceptors (Lipinski definition) is 5. The second-order valence-corrected chi connectivity index (χ2v) is 6.23. The minimum absolute atomic E-state index is 0.212. The summed E-state index contributed by atoms with van der Waals surface area (Å²) in [6, 6.07) is 0. The van der Waals surface area contributed by atoms with Crippen LogP contribution in [0, 0.1) is 17.3 Å². The molecule has 6 heteroatoms. The van der Waals surface area contributed by atoms with Gasteiger partial charge in [-0.1, -0.05) is 32.9 Å². The maximum absolute atomic E-state index is 11.2. The Kier molecular flexibility index (Phi) is 3.86. The molecule has 0 radical (unpaired) electrons. The van der Waals surface area contributed by atoms with Gasteiger partial charge in [0.2, 0.25) is 11.7 Å². The summed E-state index contributed by atoms with van der Waals surface area (Å²) in [4.78, 5) is 15.6. The van der Waals surface area contributed by atoms with Gasteiger partial charge in [-0.3, -0.25) is 4.79 Å². The smallest absolute Gasteiger partial charge is 0.307 e. The number of rotatable bonds is 6. The highest BCUT2D eigenvalue weighted by Crippen LogP contribution is 2.64. The monoisotopic (exact) mass is 282 g/mol. The van der Waals surface area contributed by atoms with Crippen molar-refractivity contribution >= 4 is 5.97 Å². The summed E-state index contributed by atoms with van der Waals surface area (Å²) in [6.07, 6.45) is -0.220. The number of nitrogens with zero attached hydrogens (tertiary/aromatic N) is 2. The molecule has 0 aromatic carbocycles. The summed E-state index contributed by atoms with van der Waals surface area (Å²) in [5, 5.41) is 13.2. The fraction of sp³-hybridized carbons (Fsp3) is 0.786. The molecule has 3 atom stereocenters. The quantitative estimate of drug-likeness (QED) is 0.863. The number of hydrogen-bond donors (Lipinski definition) is 1. The van der Waals surface area contributed by atoms with Crippen molar-refractivity contribution in [3.8, 4) is 0 Å². The normalized spacial score (nSPS) is 25.7. The Hall–Kier alpha value is -1.43. The molecule has 0 amide bonds. The summed E-state index contributed by atoms with van der Waals surface area (Å²) in [7, 11) is 0. The predicted molar refractivity (Wildman–Crippen MR) is 71.2 cm³/mol. The molecule has 0 aliphatic heterocycles. The summed E-state index contributed by atoms with van der Waals surface area (Å²) >= 11 is 0. The Bertz CT molecular complexity index is 495. The number of carboxylic acids is 1. The lowest BCUT2D eigenvalue weighted by Crippen LogP contribution is -2.12. The SMILES string of the molecule is CCOC(c1noc(C2C(C(=O)O)C2(C)C)n1)C(C)C. The Balaban J connectivity index is 2.20. The van der Waals surface area contributed by atoms with E-state index in [2.05, 4.69) is 10.1 Å². The molecule has 1 heterocycles. The van der Waals surface area contributed by atoms with Crippen molar-refractivity contribution in [1.82, 2.24) is 10.1 Å². The molecule has 0 bridgehead atoms. The number of ether oxygens (including phenoxy) is 1. The van der Waals surface area contributed by atoms with Crippen LogP contribution in [0.4, 0.5) is 0 Å². The average molecular weight is 282 g/mol. The van der Waals surface area contributed by atoms with Crippen molar-refractivity contribution < 1.29 is 19.2 Å². The van der Waals surface area contributed by atoms with Crippen LogP contribution in [-0.2, 0) is 9.53 Å². The van der Waals surface area contributed by atoms with Crippen LogP contribution in [0.3, 0.4) is 0 Å². The molecule has 1 fully saturated rings. The van der Waals surface area contributed by atoms with E-state index >= 15 is 0 Å². The molecule has 2 rings (SSSR count). The van der Waals surface area contributed by atoms with Gasteiger partial charge in [-0.2, -0.15) is 4.98 Å². The molecule has 20 heavy (non-hydrogen) atoms. The average Bonchev–Trinajstić information content (AvgIpc) is 2.72. The number of aromatic nitrogens is 2. The third-order valence-electron chi connectivity index (χ3n) is 4.02. The summed E-state index contributed by atoms with van der Waals surface area (Å²) in [6.45, 7) is 10.3. The van der Waals surface area contributed by atoms with Gasteiger partial charge in [-0.25, -0.2) is 0 Å². The maximum atomic E-state index is 11.2. The molecule has 1 aromatic heterocycles. The topological polar surface area (TPSA) is 85.5 Å². The van der Waals surface area contributed by atoms with Gasteiger partial charge in [0, 0.05) is 6.61 Å². The van der Waals surface area contributed by atoms with Crippen molar-refractivity contribution in [2.45, 2.75) is 46.6 Å². The van der Waals surface area contributed by atoms with E-state index in [9.17, 15) is 9.90 Å². The molecule has 0 saturated heterocycles. The molecular weight excluding hydrogens is 260 g/mol. The fourth-order valence-electron chi connectivity index (χ4n) is 2.79. The lowest BCUT2D eigenvalue weighted by atomic mass is 10.1. The first-order valence-corrected chi connectivity index (χ1v) is 6.98. The van der Waals surface area contributed by atoms with Gasteiger partial charge >= 0.3 is 5.97 Å². The summed E-state index contributed by atoms with van der Waals surface area (Å²) in [5.41, 5.74) is -0.339. The lowest BCUT2D eigenvalue weighted by Gasteiger charge is -2.16. The van der Waals surface area contributed by atoms with Gasteiger partial charge in [-0.05, 0) is 18.3 Å². The minimum atomic E-state index is -0.815. The molecule has 3 unspecified atom stereocenters. The Morgan fingerprint density at radius 1 is 1.50 bits per heavy atom. The first-order chi connectivity index (χ1) is 9.30. The Labute approximate surface area is 118 Å². The zero-order chi connectivity index (χ0) is 15.1. The molecule has 1 saturated carbocycles. The lowest BCUT2D eigenvalue weighted by molar-refractivity contribution is -0.139. The highest BCUT2D eigenvalue weighted by atomic mass is 16.5. The minimum Gasteiger partial charge on any atom is -0.481 e. The molecule has 0 spiro atoms. The van der Waals surface area contributed by atoms with Crippen molar-refractivity contribution in [2.75, 3.05) is 6.61 Å². The maximum Gasteiger partial charge on any atom is 0.307 e. The van der Waals surface area contributed by atoms with Crippen LogP contribution >= 0.6 is 0 Å². The van der Waals surface area contributed by atoms with Gasteiger partial charge in [0.25, 0.3) is 0 Å². The third kappa shape index (κ3) is 2.44. The zero-order valence-corrected chi connectivity index (χ0v) is 12.6. The Morgan fingerprint density at radius 2 is 2.15 bits per heavy atom. The van der Waals surface area contributed by atoms with Crippen LogP contribution in [-0.4, -0.2) is 27.8 Å². The van der Waals surface area contributed by atoms with Crippen LogP contribution in [0.1, 0.15) is 58.4 Å². The summed E-state index contributed by atoms with van der Waals surface area (Å²) in [5.74, 6) is -0.352. The van der Waals surface area contributed by atoms with Crippen molar-refractivity contribution in [1.29, 1.82) is 0 Å². The third-order valence-corrected chi connectivity index (χ3v) is 4.02. The van der Waals surface area contributed by atoms with Crippen molar-refractivity contribution in [3.63, 3.8) is 0 Å². The van der Waals surface area contributed by atoms with E-state index in [4.69, 9.17) is 9.26 Å². The molecule has 1 aromatic rings. The second-order valence-electron chi connectivity index (χ2n) is 6.23. The number of carbonyl (C=O) groups is 1. The van der Waals surface area contributed by atoms with E-state index in [1.54, 1.807) is 0 Å². The highest BCUT2D eigenvalue weighted by Gasteiger charge is 2.65. The highest BCUT2D eigenvalue weighted by molar-refractivity contribution is 5.77. The molecule has 1 N–H and O–H groups in total. The zero-order valence-electron chi connectivity index (χ0n) is 12.6. The van der Waals surface area contributed by atoms with Gasteiger partial charge in [-0.15, -0.1) is 0 Å². The first-order valence-electron chi connectivity index (χ1n) is 6.98. The standard InChI is InChI=1S/C14H22N2O4/c1-6-19-10(7(2)3)11-15-12(20-16-11)8-9(13(17)18)14(8,4)5/h7-10H,6H2,1-5H3,(H,17,18).